The molecule has 8 nitrogen and oxygen atoms in total. The molecule has 296 valence electrons. The number of hydrogen-bond donors (Lipinski definition) is 0. The molecule has 1 saturated heterocycles. The van der Waals surface area contributed by atoms with Gasteiger partial charge in [0.25, 0.3) is 0 Å². The van der Waals surface area contributed by atoms with Gasteiger partial charge in [0.1, 0.15) is 0 Å². The lowest BCUT2D eigenvalue weighted by Gasteiger charge is -2.31. The largest absolute Gasteiger partial charge is 0.463 e. The summed E-state index contributed by atoms with van der Waals surface area (Å²) in [4.78, 5) is 22.4. The van der Waals surface area contributed by atoms with Gasteiger partial charge in [-0.1, -0.05) is 113 Å². The Hall–Kier alpha value is -3.30. The Morgan fingerprint density at radius 3 is 1.22 bits per heavy atom. The van der Waals surface area contributed by atoms with Gasteiger partial charge in [0.15, 0.2) is 0 Å². The number of carbonyl (C=O) groups excluding carboxylic acids is 2. The molecule has 3 fully saturated rings. The van der Waals surface area contributed by atoms with E-state index in [0.29, 0.717) is 39.6 Å². The molecule has 3 aliphatic rings. The summed E-state index contributed by atoms with van der Waals surface area (Å²) in [5.74, 6) is 2.46. The highest BCUT2D eigenvalue weighted by Crippen LogP contribution is 2.35. The highest BCUT2D eigenvalue weighted by atomic mass is 16.8. The van der Waals surface area contributed by atoms with Gasteiger partial charge in [-0.3, -0.25) is 0 Å². The molecule has 2 aromatic rings. The number of rotatable bonds is 22. The molecule has 0 unspecified atom stereocenters. The fourth-order valence-corrected chi connectivity index (χ4v) is 8.27. The molecule has 1 heterocycles. The van der Waals surface area contributed by atoms with Gasteiger partial charge in [0.05, 0.1) is 39.6 Å². The minimum Gasteiger partial charge on any atom is -0.463 e. The van der Waals surface area contributed by atoms with Crippen molar-refractivity contribution in [3.63, 3.8) is 0 Å². The molecule has 1 aliphatic heterocycles. The van der Waals surface area contributed by atoms with Gasteiger partial charge in [-0.15, -0.1) is 0 Å². The van der Waals surface area contributed by atoms with Gasteiger partial charge < -0.3 is 28.4 Å². The topological polar surface area (TPSA) is 89.5 Å². The monoisotopic (exact) mass is 744 g/mol. The standard InChI is InChI=1S/C46H64O8/c1-3-43(47)49-29-5-7-35-9-13-37(14-10-35)17-19-39-21-25-41(26-22-39)33-53-45-46(52-32-31-51-45)54-34-42-27-23-40(24-28-42)20-18-38-15-11-36(12-16-38)8-6-30-50-44(48)4-2/h3-4,21-28,35-38,45-46H,1-2,5-20,29-34H2/t35-,36-,37-,38-,45-,46-/m0/s1. The minimum atomic E-state index is -0.570. The Kier molecular flexibility index (Phi) is 18.3. The summed E-state index contributed by atoms with van der Waals surface area (Å²) < 4.78 is 34.4. The summed E-state index contributed by atoms with van der Waals surface area (Å²) in [6.07, 6.45) is 20.5. The van der Waals surface area contributed by atoms with E-state index in [-0.39, 0.29) is 11.9 Å². The van der Waals surface area contributed by atoms with Crippen molar-refractivity contribution in [1.29, 1.82) is 0 Å². The lowest BCUT2D eigenvalue weighted by atomic mass is 9.78. The van der Waals surface area contributed by atoms with Crippen LogP contribution in [0.5, 0.6) is 0 Å². The van der Waals surface area contributed by atoms with Gasteiger partial charge in [-0.05, 0) is 97.3 Å². The Morgan fingerprint density at radius 1 is 0.537 bits per heavy atom. The molecular weight excluding hydrogens is 680 g/mol. The first-order valence-electron chi connectivity index (χ1n) is 20.7. The van der Waals surface area contributed by atoms with Crippen LogP contribution in [0, 0.1) is 23.7 Å². The third-order valence-electron chi connectivity index (χ3n) is 11.7. The molecule has 0 N–H and O–H groups in total. The molecule has 2 aliphatic carbocycles. The highest BCUT2D eigenvalue weighted by molar-refractivity contribution is 5.81. The van der Waals surface area contributed by atoms with Gasteiger partial charge in [0.2, 0.25) is 12.6 Å². The number of esters is 2. The predicted molar refractivity (Wildman–Crippen MR) is 210 cm³/mol. The summed E-state index contributed by atoms with van der Waals surface area (Å²) in [7, 11) is 0. The van der Waals surface area contributed by atoms with Gasteiger partial charge in [0, 0.05) is 12.2 Å². The maximum atomic E-state index is 11.2. The molecule has 0 bridgehead atoms. The van der Waals surface area contributed by atoms with Crippen LogP contribution in [0.2, 0.25) is 0 Å². The predicted octanol–water partition coefficient (Wildman–Crippen LogP) is 9.62. The second-order valence-corrected chi connectivity index (χ2v) is 15.6. The molecule has 2 atom stereocenters. The fourth-order valence-electron chi connectivity index (χ4n) is 8.27. The Balaban J connectivity index is 0.930. The van der Waals surface area contributed by atoms with Crippen LogP contribution in [0.1, 0.15) is 112 Å². The van der Waals surface area contributed by atoms with Crippen LogP contribution in [-0.2, 0) is 64.1 Å². The summed E-state index contributed by atoms with van der Waals surface area (Å²) in [5.41, 5.74) is 4.96. The third kappa shape index (κ3) is 15.1. The molecule has 0 amide bonds. The molecule has 8 heteroatoms. The van der Waals surface area contributed by atoms with Crippen molar-refractivity contribution in [1.82, 2.24) is 0 Å². The fraction of sp³-hybridized carbons (Fsp3) is 0.609. The van der Waals surface area contributed by atoms with Crippen molar-refractivity contribution in [3.05, 3.63) is 96.1 Å². The molecule has 2 aromatic carbocycles. The van der Waals surface area contributed by atoms with Crippen LogP contribution < -0.4 is 0 Å². The summed E-state index contributed by atoms with van der Waals surface area (Å²) in [6, 6.07) is 17.5. The highest BCUT2D eigenvalue weighted by Gasteiger charge is 2.29. The van der Waals surface area contributed by atoms with E-state index in [1.165, 1.54) is 87.5 Å². The number of ether oxygens (including phenoxy) is 6. The van der Waals surface area contributed by atoms with Crippen LogP contribution in [0.25, 0.3) is 0 Å². The molecule has 5 rings (SSSR count). The van der Waals surface area contributed by atoms with Crippen molar-refractivity contribution in [2.75, 3.05) is 26.4 Å². The van der Waals surface area contributed by atoms with Crippen LogP contribution in [0.15, 0.2) is 73.8 Å². The average molecular weight is 745 g/mol. The van der Waals surface area contributed by atoms with E-state index in [0.717, 1.165) is 73.3 Å². The van der Waals surface area contributed by atoms with E-state index in [1.807, 2.05) is 0 Å². The summed E-state index contributed by atoms with van der Waals surface area (Å²) in [5, 5.41) is 0. The third-order valence-corrected chi connectivity index (χ3v) is 11.7. The first-order valence-corrected chi connectivity index (χ1v) is 20.7. The zero-order valence-corrected chi connectivity index (χ0v) is 32.5. The van der Waals surface area contributed by atoms with Crippen molar-refractivity contribution >= 4 is 11.9 Å². The zero-order valence-electron chi connectivity index (χ0n) is 32.5. The lowest BCUT2D eigenvalue weighted by molar-refractivity contribution is -0.326. The second-order valence-electron chi connectivity index (χ2n) is 15.6. The first kappa shape index (κ1) is 41.9. The molecule has 0 radical (unpaired) electrons. The van der Waals surface area contributed by atoms with Gasteiger partial charge in [-0.2, -0.15) is 0 Å². The van der Waals surface area contributed by atoms with Crippen molar-refractivity contribution in [3.8, 4) is 0 Å². The second kappa shape index (κ2) is 23.6. The maximum Gasteiger partial charge on any atom is 0.330 e. The van der Waals surface area contributed by atoms with Gasteiger partial charge >= 0.3 is 11.9 Å². The molecule has 2 saturated carbocycles. The van der Waals surface area contributed by atoms with Crippen LogP contribution in [0.3, 0.4) is 0 Å². The van der Waals surface area contributed by atoms with Crippen LogP contribution >= 0.6 is 0 Å². The van der Waals surface area contributed by atoms with E-state index >= 15 is 0 Å². The van der Waals surface area contributed by atoms with Crippen molar-refractivity contribution in [2.24, 2.45) is 23.7 Å². The maximum absolute atomic E-state index is 11.2. The van der Waals surface area contributed by atoms with Crippen molar-refractivity contribution < 1.29 is 38.0 Å². The average Bonchev–Trinajstić information content (AvgIpc) is 3.22. The zero-order chi connectivity index (χ0) is 37.8. The Bertz CT molecular complexity index is 1280. The molecule has 54 heavy (non-hydrogen) atoms. The molecule has 0 aromatic heterocycles. The van der Waals surface area contributed by atoms with Crippen molar-refractivity contribution in [2.45, 2.75) is 129 Å². The van der Waals surface area contributed by atoms with E-state index in [9.17, 15) is 9.59 Å². The normalized spacial score (nSPS) is 24.4. The summed E-state index contributed by atoms with van der Waals surface area (Å²) >= 11 is 0. The van der Waals surface area contributed by atoms with Crippen LogP contribution in [-0.4, -0.2) is 50.9 Å². The number of hydrogen-bond acceptors (Lipinski definition) is 8. The number of benzene rings is 2. The first-order chi connectivity index (χ1) is 26.5. The lowest BCUT2D eigenvalue weighted by Crippen LogP contribution is -2.41. The van der Waals surface area contributed by atoms with Gasteiger partial charge in [-0.25, -0.2) is 9.59 Å². The minimum absolute atomic E-state index is 0.323. The SMILES string of the molecule is C=CC(=O)OCCC[C@H]1CC[C@H](CCc2ccc(CO[C@@H]3OCCO[C@H]3OCc3ccc(CC[C@H]4CC[C@H](CCCOC(=O)C=C)CC4)cc3)cc2)CC1. The Labute approximate surface area is 324 Å². The summed E-state index contributed by atoms with van der Waals surface area (Å²) in [6.45, 7) is 9.75. The Morgan fingerprint density at radius 2 is 0.870 bits per heavy atom. The van der Waals surface area contributed by atoms with E-state index in [4.69, 9.17) is 28.4 Å². The molecular formula is C46H64O8. The quantitative estimate of drug-likeness (QED) is 0.0669. The smallest absolute Gasteiger partial charge is 0.330 e. The van der Waals surface area contributed by atoms with Crippen LogP contribution in [0.4, 0.5) is 0 Å². The molecule has 0 spiro atoms. The number of carbonyl (C=O) groups is 2. The van der Waals surface area contributed by atoms with E-state index in [2.05, 4.69) is 61.7 Å². The van der Waals surface area contributed by atoms with E-state index < -0.39 is 12.6 Å². The van der Waals surface area contributed by atoms with E-state index in [1.54, 1.807) is 0 Å². The number of aryl methyl sites for hydroxylation is 2.